The third-order valence-electron chi connectivity index (χ3n) is 5.02. The number of hydrogen-bond acceptors (Lipinski definition) is 1. The molecule has 0 bridgehead atoms. The standard InChI is InChI=1S/C22H24N2/c1-16-9-10-21-19(13-16)20-15-23(3)12-11-22(20)24(21)17(2)14-18-7-5-4-6-8-18/h4-10,13-14H,11-12,15H2,1-3H3/b17-14-. The zero-order valence-corrected chi connectivity index (χ0v) is 14.7. The summed E-state index contributed by atoms with van der Waals surface area (Å²) in [4.78, 5) is 2.42. The predicted octanol–water partition coefficient (Wildman–Crippen LogP) is 4.96. The first-order valence-corrected chi connectivity index (χ1v) is 8.68. The van der Waals surface area contributed by atoms with E-state index < -0.39 is 0 Å². The van der Waals surface area contributed by atoms with Crippen LogP contribution in [0.15, 0.2) is 48.5 Å². The molecule has 122 valence electrons. The van der Waals surface area contributed by atoms with E-state index in [0.29, 0.717) is 0 Å². The van der Waals surface area contributed by atoms with Crippen molar-refractivity contribution in [2.75, 3.05) is 13.6 Å². The summed E-state index contributed by atoms with van der Waals surface area (Å²) in [5.41, 5.74) is 8.21. The average Bonchev–Trinajstić information content (AvgIpc) is 2.89. The Morgan fingerprint density at radius 3 is 2.67 bits per heavy atom. The van der Waals surface area contributed by atoms with Crippen LogP contribution < -0.4 is 0 Å². The Hall–Kier alpha value is -2.32. The van der Waals surface area contributed by atoms with Crippen LogP contribution in [0.25, 0.3) is 22.7 Å². The maximum Gasteiger partial charge on any atom is 0.0531 e. The van der Waals surface area contributed by atoms with Crippen molar-refractivity contribution in [2.24, 2.45) is 0 Å². The van der Waals surface area contributed by atoms with Crippen molar-refractivity contribution in [3.8, 4) is 0 Å². The fourth-order valence-electron chi connectivity index (χ4n) is 3.87. The van der Waals surface area contributed by atoms with Gasteiger partial charge in [0.2, 0.25) is 0 Å². The first-order chi connectivity index (χ1) is 11.6. The lowest BCUT2D eigenvalue weighted by molar-refractivity contribution is 0.311. The average molecular weight is 316 g/mol. The molecule has 1 aromatic heterocycles. The van der Waals surface area contributed by atoms with Gasteiger partial charge in [0.05, 0.1) is 5.52 Å². The van der Waals surface area contributed by atoms with E-state index in [4.69, 9.17) is 0 Å². The van der Waals surface area contributed by atoms with Crippen molar-refractivity contribution in [3.05, 3.63) is 70.9 Å². The van der Waals surface area contributed by atoms with Crippen LogP contribution in [0.5, 0.6) is 0 Å². The highest BCUT2D eigenvalue weighted by atomic mass is 15.1. The van der Waals surface area contributed by atoms with Crippen LogP contribution in [-0.2, 0) is 13.0 Å². The highest BCUT2D eigenvalue weighted by Gasteiger charge is 2.22. The monoisotopic (exact) mass is 316 g/mol. The molecule has 0 saturated heterocycles. The number of benzene rings is 2. The Kier molecular flexibility index (Phi) is 3.78. The Bertz CT molecular complexity index is 916. The Morgan fingerprint density at radius 1 is 1.08 bits per heavy atom. The smallest absolute Gasteiger partial charge is 0.0531 e. The number of fused-ring (bicyclic) bond motifs is 3. The van der Waals surface area contributed by atoms with Gasteiger partial charge in [0.25, 0.3) is 0 Å². The number of hydrogen-bond donors (Lipinski definition) is 0. The molecule has 2 aromatic carbocycles. The van der Waals surface area contributed by atoms with Crippen LogP contribution in [0.3, 0.4) is 0 Å². The molecule has 2 nitrogen and oxygen atoms in total. The molecule has 0 aliphatic carbocycles. The highest BCUT2D eigenvalue weighted by Crippen LogP contribution is 2.34. The molecule has 2 heterocycles. The van der Waals surface area contributed by atoms with Crippen molar-refractivity contribution in [1.82, 2.24) is 9.47 Å². The molecule has 0 amide bonds. The van der Waals surface area contributed by atoms with Crippen molar-refractivity contribution < 1.29 is 0 Å². The summed E-state index contributed by atoms with van der Waals surface area (Å²) in [5, 5.41) is 1.41. The summed E-state index contributed by atoms with van der Waals surface area (Å²) >= 11 is 0. The molecule has 0 spiro atoms. The first kappa shape index (κ1) is 15.2. The van der Waals surface area contributed by atoms with Gasteiger partial charge in [0.1, 0.15) is 0 Å². The van der Waals surface area contributed by atoms with E-state index in [1.54, 1.807) is 0 Å². The van der Waals surface area contributed by atoms with Gasteiger partial charge in [0, 0.05) is 36.3 Å². The number of allylic oxidation sites excluding steroid dienone is 1. The number of nitrogens with zero attached hydrogens (tertiary/aromatic N) is 2. The number of aryl methyl sites for hydroxylation is 1. The minimum absolute atomic E-state index is 1.04. The second-order valence-corrected chi connectivity index (χ2v) is 6.97. The van der Waals surface area contributed by atoms with Crippen molar-refractivity contribution in [1.29, 1.82) is 0 Å². The molecule has 1 aliphatic heterocycles. The molecule has 2 heteroatoms. The van der Waals surface area contributed by atoms with Gasteiger partial charge >= 0.3 is 0 Å². The molecule has 0 radical (unpaired) electrons. The minimum Gasteiger partial charge on any atom is -0.317 e. The topological polar surface area (TPSA) is 8.17 Å². The van der Waals surface area contributed by atoms with Crippen LogP contribution in [0.1, 0.15) is 29.3 Å². The van der Waals surface area contributed by atoms with Crippen LogP contribution >= 0.6 is 0 Å². The molecule has 0 N–H and O–H groups in total. The van der Waals surface area contributed by atoms with Gasteiger partial charge in [-0.2, -0.15) is 0 Å². The molecular formula is C22H24N2. The second-order valence-electron chi connectivity index (χ2n) is 6.97. The molecule has 1 aliphatic rings. The quantitative estimate of drug-likeness (QED) is 0.649. The molecule has 0 unspecified atom stereocenters. The molecule has 0 saturated carbocycles. The van der Waals surface area contributed by atoms with Gasteiger partial charge in [-0.05, 0) is 50.2 Å². The van der Waals surface area contributed by atoms with Crippen LogP contribution in [0, 0.1) is 6.92 Å². The summed E-state index contributed by atoms with van der Waals surface area (Å²) in [6, 6.07) is 17.5. The lowest BCUT2D eigenvalue weighted by Crippen LogP contribution is -2.27. The molecule has 0 atom stereocenters. The van der Waals surface area contributed by atoms with Gasteiger partial charge in [0.15, 0.2) is 0 Å². The number of aromatic nitrogens is 1. The normalized spacial score (nSPS) is 15.7. The van der Waals surface area contributed by atoms with Crippen LogP contribution in [-0.4, -0.2) is 23.1 Å². The zero-order valence-electron chi connectivity index (χ0n) is 14.7. The van der Waals surface area contributed by atoms with Gasteiger partial charge in [-0.15, -0.1) is 0 Å². The highest BCUT2D eigenvalue weighted by molar-refractivity contribution is 5.91. The van der Waals surface area contributed by atoms with Gasteiger partial charge in [-0.1, -0.05) is 42.0 Å². The fraction of sp³-hybridized carbons (Fsp3) is 0.273. The van der Waals surface area contributed by atoms with E-state index in [0.717, 1.165) is 19.5 Å². The van der Waals surface area contributed by atoms with E-state index in [1.807, 2.05) is 0 Å². The lowest BCUT2D eigenvalue weighted by atomic mass is 10.0. The largest absolute Gasteiger partial charge is 0.317 e. The number of likely N-dealkylation sites (N-methyl/N-ethyl adjacent to an activating group) is 1. The summed E-state index contributed by atoms with van der Waals surface area (Å²) < 4.78 is 2.48. The van der Waals surface area contributed by atoms with Gasteiger partial charge in [-0.3, -0.25) is 0 Å². The van der Waals surface area contributed by atoms with E-state index in [1.165, 1.54) is 39.0 Å². The summed E-state index contributed by atoms with van der Waals surface area (Å²) in [6.45, 7) is 6.58. The van der Waals surface area contributed by atoms with Gasteiger partial charge in [-0.25, -0.2) is 0 Å². The first-order valence-electron chi connectivity index (χ1n) is 8.68. The van der Waals surface area contributed by atoms with Gasteiger partial charge < -0.3 is 9.47 Å². The molecule has 4 rings (SSSR count). The van der Waals surface area contributed by atoms with Crippen molar-refractivity contribution in [2.45, 2.75) is 26.8 Å². The van der Waals surface area contributed by atoms with Crippen molar-refractivity contribution >= 4 is 22.7 Å². The number of rotatable bonds is 2. The maximum absolute atomic E-state index is 2.48. The van der Waals surface area contributed by atoms with Crippen LogP contribution in [0.4, 0.5) is 0 Å². The molecular weight excluding hydrogens is 292 g/mol. The Labute approximate surface area is 144 Å². The SMILES string of the molecule is C/C(=C/c1ccccc1)n1c2c(c3cc(C)ccc31)CN(C)CC2. The van der Waals surface area contributed by atoms with E-state index >= 15 is 0 Å². The lowest BCUT2D eigenvalue weighted by Gasteiger charge is -2.24. The molecule has 3 aromatic rings. The minimum atomic E-state index is 1.04. The third-order valence-corrected chi connectivity index (χ3v) is 5.02. The molecule has 24 heavy (non-hydrogen) atoms. The predicted molar refractivity (Wildman–Crippen MR) is 103 cm³/mol. The Morgan fingerprint density at radius 2 is 1.88 bits per heavy atom. The summed E-state index contributed by atoms with van der Waals surface area (Å²) in [5.74, 6) is 0. The Balaban J connectivity index is 1.94. The van der Waals surface area contributed by atoms with E-state index in [2.05, 4.69) is 85.0 Å². The van der Waals surface area contributed by atoms with E-state index in [-0.39, 0.29) is 0 Å². The second kappa shape index (κ2) is 5.95. The maximum atomic E-state index is 2.48. The summed E-state index contributed by atoms with van der Waals surface area (Å²) in [7, 11) is 2.22. The van der Waals surface area contributed by atoms with Crippen LogP contribution in [0.2, 0.25) is 0 Å². The molecule has 0 fully saturated rings. The fourth-order valence-corrected chi connectivity index (χ4v) is 3.87. The van der Waals surface area contributed by atoms with E-state index in [9.17, 15) is 0 Å². The van der Waals surface area contributed by atoms with Crippen molar-refractivity contribution in [3.63, 3.8) is 0 Å². The zero-order chi connectivity index (χ0) is 16.7. The summed E-state index contributed by atoms with van der Waals surface area (Å²) in [6.07, 6.45) is 3.40. The third kappa shape index (κ3) is 2.57.